The van der Waals surface area contributed by atoms with Gasteiger partial charge in [-0.2, -0.15) is 0 Å². The molecule has 5 rings (SSSR count). The molecule has 4 heterocycles. The summed E-state index contributed by atoms with van der Waals surface area (Å²) >= 11 is 0. The van der Waals surface area contributed by atoms with Crippen LogP contribution in [0, 0.1) is 13.8 Å². The number of hydrogen-bond donors (Lipinski definition) is 0. The largest absolute Gasteiger partial charge is 0.496 e. The first kappa shape index (κ1) is 21.1. The topological polar surface area (TPSA) is 113 Å². The fourth-order valence-electron chi connectivity index (χ4n) is 4.13. The van der Waals surface area contributed by atoms with Crippen LogP contribution in [-0.4, -0.2) is 46.5 Å². The van der Waals surface area contributed by atoms with E-state index in [4.69, 9.17) is 9.26 Å². The highest BCUT2D eigenvalue weighted by Gasteiger charge is 2.24. The van der Waals surface area contributed by atoms with Crippen molar-refractivity contribution in [2.75, 3.05) is 13.4 Å². The van der Waals surface area contributed by atoms with Crippen molar-refractivity contribution in [3.8, 4) is 16.9 Å². The zero-order chi connectivity index (χ0) is 23.3. The van der Waals surface area contributed by atoms with Gasteiger partial charge in [0.15, 0.2) is 0 Å². The lowest BCUT2D eigenvalue weighted by molar-refractivity contribution is 0.393. The smallest absolute Gasteiger partial charge is 0.228 e. The highest BCUT2D eigenvalue weighted by Crippen LogP contribution is 2.39. The van der Waals surface area contributed by atoms with Gasteiger partial charge in [0.2, 0.25) is 15.0 Å². The highest BCUT2D eigenvalue weighted by molar-refractivity contribution is 7.90. The molecule has 0 N–H and O–H groups in total. The molecule has 9 nitrogen and oxygen atoms in total. The second kappa shape index (κ2) is 7.66. The van der Waals surface area contributed by atoms with Crippen molar-refractivity contribution in [3.63, 3.8) is 0 Å². The fraction of sp³-hybridized carbons (Fsp3) is 0.217. The number of aromatic nitrogens is 5. The predicted octanol–water partition coefficient (Wildman–Crippen LogP) is 3.71. The number of ether oxygens (including phenoxy) is 1. The molecule has 0 unspecified atom stereocenters. The second-order valence-electron chi connectivity index (χ2n) is 7.83. The molecule has 4 aromatic heterocycles. The van der Waals surface area contributed by atoms with Crippen LogP contribution in [0.3, 0.4) is 0 Å². The van der Waals surface area contributed by atoms with Crippen LogP contribution >= 0.6 is 0 Å². The van der Waals surface area contributed by atoms with Crippen LogP contribution < -0.4 is 4.74 Å². The fourth-order valence-corrected chi connectivity index (χ4v) is 4.95. The molecule has 5 aromatic rings. The summed E-state index contributed by atoms with van der Waals surface area (Å²) in [4.78, 5) is 13.3. The molecular formula is C23H21N5O4S. The van der Waals surface area contributed by atoms with Crippen LogP contribution in [0.15, 0.2) is 52.4 Å². The van der Waals surface area contributed by atoms with Gasteiger partial charge in [-0.1, -0.05) is 11.2 Å². The number of sulfone groups is 1. The van der Waals surface area contributed by atoms with E-state index in [1.165, 1.54) is 0 Å². The van der Waals surface area contributed by atoms with Crippen LogP contribution in [0.2, 0.25) is 0 Å². The van der Waals surface area contributed by atoms with Gasteiger partial charge in [0.1, 0.15) is 17.0 Å². The first-order chi connectivity index (χ1) is 15.8. The van der Waals surface area contributed by atoms with Crippen LogP contribution in [-0.2, 0) is 16.4 Å². The van der Waals surface area contributed by atoms with Gasteiger partial charge < -0.3 is 13.8 Å². The molecule has 0 radical (unpaired) electrons. The molecule has 1 aromatic carbocycles. The Morgan fingerprint density at radius 3 is 2.58 bits per heavy atom. The van der Waals surface area contributed by atoms with Gasteiger partial charge in [-0.25, -0.2) is 13.4 Å². The Kier molecular flexibility index (Phi) is 4.89. The van der Waals surface area contributed by atoms with E-state index in [0.29, 0.717) is 33.8 Å². The average Bonchev–Trinajstić information content (AvgIpc) is 3.33. The van der Waals surface area contributed by atoms with E-state index in [9.17, 15) is 8.42 Å². The molecule has 0 atom stereocenters. The van der Waals surface area contributed by atoms with Crippen molar-refractivity contribution >= 4 is 31.8 Å². The molecule has 0 aliphatic heterocycles. The first-order valence-corrected chi connectivity index (χ1v) is 12.1. The lowest BCUT2D eigenvalue weighted by Crippen LogP contribution is -2.11. The average molecular weight is 464 g/mol. The van der Waals surface area contributed by atoms with E-state index >= 15 is 0 Å². The van der Waals surface area contributed by atoms with E-state index < -0.39 is 9.84 Å². The Labute approximate surface area is 190 Å². The molecule has 0 spiro atoms. The van der Waals surface area contributed by atoms with Crippen molar-refractivity contribution in [2.45, 2.75) is 25.5 Å². The lowest BCUT2D eigenvalue weighted by atomic mass is 10.0. The van der Waals surface area contributed by atoms with Gasteiger partial charge in [0, 0.05) is 23.4 Å². The predicted molar refractivity (Wildman–Crippen MR) is 123 cm³/mol. The molecule has 0 saturated heterocycles. The van der Waals surface area contributed by atoms with Gasteiger partial charge in [-0.15, -0.1) is 0 Å². The van der Waals surface area contributed by atoms with Crippen molar-refractivity contribution in [1.82, 2.24) is 24.7 Å². The molecule has 0 bridgehead atoms. The monoisotopic (exact) mass is 463 g/mol. The van der Waals surface area contributed by atoms with Gasteiger partial charge in [-0.3, -0.25) is 9.97 Å². The Hall–Kier alpha value is -3.79. The van der Waals surface area contributed by atoms with Crippen LogP contribution in [0.25, 0.3) is 33.1 Å². The van der Waals surface area contributed by atoms with Crippen molar-refractivity contribution in [3.05, 3.63) is 59.9 Å². The van der Waals surface area contributed by atoms with E-state index in [2.05, 4.69) is 20.1 Å². The van der Waals surface area contributed by atoms with E-state index in [-0.39, 0.29) is 11.7 Å². The quantitative estimate of drug-likeness (QED) is 0.388. The summed E-state index contributed by atoms with van der Waals surface area (Å²) in [7, 11) is -2.02. The minimum Gasteiger partial charge on any atom is -0.496 e. The Morgan fingerprint density at radius 1 is 1.12 bits per heavy atom. The van der Waals surface area contributed by atoms with Crippen LogP contribution in [0.4, 0.5) is 0 Å². The lowest BCUT2D eigenvalue weighted by Gasteiger charge is -2.12. The number of benzene rings is 1. The third-order valence-corrected chi connectivity index (χ3v) is 6.51. The Morgan fingerprint density at radius 2 is 1.94 bits per heavy atom. The molecule has 0 aliphatic carbocycles. The zero-order valence-electron chi connectivity index (χ0n) is 18.5. The molecule has 0 saturated carbocycles. The van der Waals surface area contributed by atoms with Gasteiger partial charge in [-0.05, 0) is 38.1 Å². The number of methoxy groups -OCH3 is 1. The van der Waals surface area contributed by atoms with Gasteiger partial charge in [0.05, 0.1) is 47.8 Å². The minimum absolute atomic E-state index is 0.0359. The first-order valence-electron chi connectivity index (χ1n) is 10.2. The van der Waals surface area contributed by atoms with Crippen molar-refractivity contribution in [2.24, 2.45) is 0 Å². The summed E-state index contributed by atoms with van der Waals surface area (Å²) in [5.74, 6) is 1.27. The molecule has 0 amide bonds. The third kappa shape index (κ3) is 3.52. The SMILES string of the molecule is COc1cc2c(cc1-c1c(C)noc1C)ncc1nc(S(C)(=O)=O)n(Cc3ccccn3)c12. The maximum absolute atomic E-state index is 12.6. The van der Waals surface area contributed by atoms with Crippen molar-refractivity contribution in [1.29, 1.82) is 0 Å². The molecule has 33 heavy (non-hydrogen) atoms. The molecule has 168 valence electrons. The summed E-state index contributed by atoms with van der Waals surface area (Å²) in [6.07, 6.45) is 4.41. The van der Waals surface area contributed by atoms with Crippen LogP contribution in [0.1, 0.15) is 17.1 Å². The summed E-state index contributed by atoms with van der Waals surface area (Å²) in [6, 6.07) is 9.28. The Balaban J connectivity index is 1.84. The molecule has 0 fully saturated rings. The second-order valence-corrected chi connectivity index (χ2v) is 9.74. The van der Waals surface area contributed by atoms with Crippen molar-refractivity contribution < 1.29 is 17.7 Å². The number of rotatable bonds is 5. The number of aryl methyl sites for hydroxylation is 2. The van der Waals surface area contributed by atoms with Gasteiger partial charge in [0.25, 0.3) is 0 Å². The highest BCUT2D eigenvalue weighted by atomic mass is 32.2. The zero-order valence-corrected chi connectivity index (χ0v) is 19.3. The normalized spacial score (nSPS) is 12.0. The maximum Gasteiger partial charge on any atom is 0.228 e. The van der Waals surface area contributed by atoms with E-state index in [1.54, 1.807) is 24.1 Å². The number of pyridine rings is 2. The van der Waals surface area contributed by atoms with Crippen LogP contribution in [0.5, 0.6) is 5.75 Å². The van der Waals surface area contributed by atoms with Gasteiger partial charge >= 0.3 is 0 Å². The standard InChI is InChI=1S/C23H21N5O4S/c1-13-21(14(2)32-27-13)17-9-18-16(10-20(17)31-3)22-19(11-25-18)26-23(33(4,29)30)28(22)12-15-7-5-6-8-24-15/h5-11H,12H2,1-4H3. The molecular weight excluding hydrogens is 442 g/mol. The number of imidazole rings is 1. The Bertz CT molecular complexity index is 1600. The number of fused-ring (bicyclic) bond motifs is 3. The minimum atomic E-state index is -3.61. The number of nitrogens with zero attached hydrogens (tertiary/aromatic N) is 5. The summed E-state index contributed by atoms with van der Waals surface area (Å²) in [5, 5.41) is 4.74. The molecule has 10 heteroatoms. The maximum atomic E-state index is 12.6. The summed E-state index contributed by atoms with van der Waals surface area (Å²) in [6.45, 7) is 3.95. The summed E-state index contributed by atoms with van der Waals surface area (Å²) < 4.78 is 37.9. The van der Waals surface area contributed by atoms with E-state index in [1.807, 2.05) is 44.2 Å². The number of hydrogen-bond acceptors (Lipinski definition) is 8. The third-order valence-electron chi connectivity index (χ3n) is 5.54. The van der Waals surface area contributed by atoms with E-state index in [0.717, 1.165) is 28.5 Å². The summed E-state index contributed by atoms with van der Waals surface area (Å²) in [5.41, 5.74) is 4.89. The molecule has 0 aliphatic rings.